The van der Waals surface area contributed by atoms with Crippen LogP contribution in [0, 0.1) is 0 Å². The highest BCUT2D eigenvalue weighted by Crippen LogP contribution is 2.14. The van der Waals surface area contributed by atoms with Crippen LogP contribution in [0.25, 0.3) is 0 Å². The predicted molar refractivity (Wildman–Crippen MR) is 103 cm³/mol. The molecular formula is C19H23N3O3S. The lowest BCUT2D eigenvalue weighted by Crippen LogP contribution is -2.35. The molecule has 0 aromatic heterocycles. The lowest BCUT2D eigenvalue weighted by Gasteiger charge is -2.22. The Morgan fingerprint density at radius 3 is 2.35 bits per heavy atom. The highest BCUT2D eigenvalue weighted by atomic mass is 32.2. The van der Waals surface area contributed by atoms with Crippen molar-refractivity contribution in [3.05, 3.63) is 65.7 Å². The van der Waals surface area contributed by atoms with Crippen LogP contribution in [0.1, 0.15) is 22.3 Å². The first-order chi connectivity index (χ1) is 12.6. The van der Waals surface area contributed by atoms with Crippen LogP contribution < -0.4 is 4.72 Å². The molecule has 0 atom stereocenters. The van der Waals surface area contributed by atoms with Gasteiger partial charge in [-0.1, -0.05) is 30.3 Å². The zero-order valence-electron chi connectivity index (χ0n) is 14.5. The number of thiol groups is 1. The van der Waals surface area contributed by atoms with Gasteiger partial charge in [0.1, 0.15) is 0 Å². The van der Waals surface area contributed by atoms with Gasteiger partial charge in [0.05, 0.1) is 0 Å². The summed E-state index contributed by atoms with van der Waals surface area (Å²) in [5.41, 5.74) is 2.32. The molecule has 1 N–H and O–H groups in total. The Balaban J connectivity index is 1.58. The second-order valence-corrected chi connectivity index (χ2v) is 7.09. The molecule has 0 aliphatic carbocycles. The van der Waals surface area contributed by atoms with E-state index in [0.717, 1.165) is 32.6 Å². The molecule has 2 aromatic carbocycles. The first-order valence-electron chi connectivity index (χ1n) is 8.68. The molecule has 2 aromatic rings. The number of hydrogen-bond acceptors (Lipinski definition) is 4. The molecule has 0 unspecified atom stereocenters. The zero-order chi connectivity index (χ0) is 18.4. The second-order valence-electron chi connectivity index (χ2n) is 6.35. The SMILES string of the molecule is O=C(c1ccc(N[SH](=O)=O)cc1)N1CCCN(Cc2ccccc2)CC1. The summed E-state index contributed by atoms with van der Waals surface area (Å²) in [7, 11) is -2.69. The summed E-state index contributed by atoms with van der Waals surface area (Å²) in [5.74, 6) is -0.00961. The third-order valence-corrected chi connectivity index (χ3v) is 4.92. The van der Waals surface area contributed by atoms with Gasteiger partial charge in [0, 0.05) is 44.0 Å². The van der Waals surface area contributed by atoms with Gasteiger partial charge < -0.3 is 4.90 Å². The third kappa shape index (κ3) is 5.06. The van der Waals surface area contributed by atoms with E-state index in [0.29, 0.717) is 17.8 Å². The minimum absolute atomic E-state index is 0.00961. The number of anilines is 1. The summed E-state index contributed by atoms with van der Waals surface area (Å²) in [4.78, 5) is 17.0. The van der Waals surface area contributed by atoms with Crippen molar-refractivity contribution in [3.8, 4) is 0 Å². The van der Waals surface area contributed by atoms with Crippen LogP contribution in [0.15, 0.2) is 54.6 Å². The number of nitrogens with one attached hydrogen (secondary N) is 1. The molecule has 0 radical (unpaired) electrons. The second kappa shape index (κ2) is 8.82. The average Bonchev–Trinajstić information content (AvgIpc) is 2.88. The van der Waals surface area contributed by atoms with E-state index in [1.54, 1.807) is 24.3 Å². The molecule has 3 rings (SSSR count). The van der Waals surface area contributed by atoms with E-state index in [-0.39, 0.29) is 5.91 Å². The van der Waals surface area contributed by atoms with Crippen molar-refractivity contribution in [2.24, 2.45) is 0 Å². The Morgan fingerprint density at radius 1 is 0.923 bits per heavy atom. The molecule has 1 aliphatic rings. The zero-order valence-corrected chi connectivity index (χ0v) is 15.4. The lowest BCUT2D eigenvalue weighted by atomic mass is 10.2. The Labute approximate surface area is 155 Å². The van der Waals surface area contributed by atoms with E-state index >= 15 is 0 Å². The van der Waals surface area contributed by atoms with Gasteiger partial charge in [-0.2, -0.15) is 0 Å². The van der Waals surface area contributed by atoms with E-state index in [1.807, 2.05) is 23.1 Å². The number of nitrogens with zero attached hydrogens (tertiary/aromatic N) is 2. The van der Waals surface area contributed by atoms with Crippen LogP contribution in [0.2, 0.25) is 0 Å². The molecule has 7 heteroatoms. The quantitative estimate of drug-likeness (QED) is 0.787. The van der Waals surface area contributed by atoms with Crippen molar-refractivity contribution in [1.29, 1.82) is 0 Å². The summed E-state index contributed by atoms with van der Waals surface area (Å²) in [5, 5.41) is 0. The smallest absolute Gasteiger partial charge is 0.253 e. The number of amides is 1. The van der Waals surface area contributed by atoms with Gasteiger partial charge in [0.25, 0.3) is 5.91 Å². The topological polar surface area (TPSA) is 69.7 Å². The average molecular weight is 373 g/mol. The van der Waals surface area contributed by atoms with Crippen molar-refractivity contribution in [1.82, 2.24) is 9.80 Å². The van der Waals surface area contributed by atoms with E-state index in [9.17, 15) is 13.2 Å². The highest BCUT2D eigenvalue weighted by Gasteiger charge is 2.20. The van der Waals surface area contributed by atoms with E-state index in [4.69, 9.17) is 0 Å². The summed E-state index contributed by atoms with van der Waals surface area (Å²) in [6, 6.07) is 16.9. The first-order valence-corrected chi connectivity index (χ1v) is 9.86. The van der Waals surface area contributed by atoms with Crippen LogP contribution in [0.5, 0.6) is 0 Å². The van der Waals surface area contributed by atoms with Gasteiger partial charge in [-0.3, -0.25) is 14.4 Å². The fraction of sp³-hybridized carbons (Fsp3) is 0.316. The fourth-order valence-corrected chi connectivity index (χ4v) is 3.51. The van der Waals surface area contributed by atoms with E-state index in [2.05, 4.69) is 21.8 Å². The maximum atomic E-state index is 12.7. The number of carbonyl (C=O) groups excluding carboxylic acids is 1. The standard InChI is InChI=1S/C19H23N3O3S/c23-19(17-7-9-18(10-8-17)20-26(24)25)22-12-4-11-21(13-14-22)15-16-5-2-1-3-6-16/h1-3,5-10,26H,4,11-15H2,(H,20,24,25). The van der Waals surface area contributed by atoms with Gasteiger partial charge in [-0.25, -0.2) is 8.42 Å². The molecule has 1 heterocycles. The molecule has 1 amide bonds. The lowest BCUT2D eigenvalue weighted by molar-refractivity contribution is 0.0761. The van der Waals surface area contributed by atoms with Crippen molar-refractivity contribution in [2.45, 2.75) is 13.0 Å². The van der Waals surface area contributed by atoms with Crippen molar-refractivity contribution < 1.29 is 13.2 Å². The monoisotopic (exact) mass is 373 g/mol. The van der Waals surface area contributed by atoms with Gasteiger partial charge in [-0.15, -0.1) is 0 Å². The number of carbonyl (C=O) groups is 1. The number of benzene rings is 2. The van der Waals surface area contributed by atoms with Gasteiger partial charge >= 0.3 is 0 Å². The first kappa shape index (κ1) is 18.4. The Kier molecular flexibility index (Phi) is 6.25. The molecular weight excluding hydrogens is 350 g/mol. The highest BCUT2D eigenvalue weighted by molar-refractivity contribution is 7.73. The molecule has 0 bridgehead atoms. The van der Waals surface area contributed by atoms with Crippen molar-refractivity contribution >= 4 is 22.5 Å². The summed E-state index contributed by atoms with van der Waals surface area (Å²) in [6.45, 7) is 4.14. The maximum Gasteiger partial charge on any atom is 0.253 e. The largest absolute Gasteiger partial charge is 0.337 e. The summed E-state index contributed by atoms with van der Waals surface area (Å²) in [6.07, 6.45) is 0.939. The fourth-order valence-electron chi connectivity index (χ4n) is 3.15. The van der Waals surface area contributed by atoms with Crippen LogP contribution in [-0.2, 0) is 17.4 Å². The molecule has 0 saturated carbocycles. The van der Waals surface area contributed by atoms with Crippen LogP contribution >= 0.6 is 0 Å². The molecule has 0 spiro atoms. The molecule has 6 nitrogen and oxygen atoms in total. The third-order valence-electron chi connectivity index (χ3n) is 4.48. The van der Waals surface area contributed by atoms with Crippen molar-refractivity contribution in [2.75, 3.05) is 30.9 Å². The van der Waals surface area contributed by atoms with Gasteiger partial charge in [0.15, 0.2) is 0 Å². The van der Waals surface area contributed by atoms with Crippen molar-refractivity contribution in [3.63, 3.8) is 0 Å². The van der Waals surface area contributed by atoms with Crippen LogP contribution in [0.4, 0.5) is 5.69 Å². The summed E-state index contributed by atoms with van der Waals surface area (Å²) >= 11 is 0. The van der Waals surface area contributed by atoms with Gasteiger partial charge in [0.2, 0.25) is 10.9 Å². The maximum absolute atomic E-state index is 12.7. The Morgan fingerprint density at radius 2 is 1.65 bits per heavy atom. The van der Waals surface area contributed by atoms with Crippen LogP contribution in [0.3, 0.4) is 0 Å². The minimum atomic E-state index is -2.69. The molecule has 1 fully saturated rings. The molecule has 26 heavy (non-hydrogen) atoms. The Bertz CT molecular complexity index is 799. The van der Waals surface area contributed by atoms with Crippen LogP contribution in [-0.4, -0.2) is 50.3 Å². The van der Waals surface area contributed by atoms with E-state index in [1.165, 1.54) is 5.56 Å². The van der Waals surface area contributed by atoms with Gasteiger partial charge in [-0.05, 0) is 36.2 Å². The molecule has 1 saturated heterocycles. The summed E-state index contributed by atoms with van der Waals surface area (Å²) < 4.78 is 23.7. The number of hydrogen-bond donors (Lipinski definition) is 2. The normalized spacial score (nSPS) is 15.7. The predicted octanol–water partition coefficient (Wildman–Crippen LogP) is 1.97. The molecule has 138 valence electrons. The molecule has 1 aliphatic heterocycles. The minimum Gasteiger partial charge on any atom is -0.337 e. The Hall–Kier alpha value is -2.38. The van der Waals surface area contributed by atoms with E-state index < -0.39 is 10.9 Å². The number of rotatable bonds is 5.